The second kappa shape index (κ2) is 8.89. The van der Waals surface area contributed by atoms with Crippen LogP contribution in [0.15, 0.2) is 67.0 Å². The first kappa shape index (κ1) is 19.2. The first-order valence-electron chi connectivity index (χ1n) is 8.47. The van der Waals surface area contributed by atoms with Crippen molar-refractivity contribution in [2.45, 2.75) is 20.0 Å². The van der Waals surface area contributed by atoms with Gasteiger partial charge in [0.2, 0.25) is 0 Å². The molecule has 3 rings (SSSR count). The Hall–Kier alpha value is -2.56. The third-order valence-electron chi connectivity index (χ3n) is 4.05. The SMILES string of the molecule is Cc1ccc(CN(Cc2cccnc2)C(=O)Nc2ccc(Cl)c(Cl)c2)cc1. The molecule has 3 aromatic rings. The molecule has 2 aromatic carbocycles. The van der Waals surface area contributed by atoms with E-state index >= 15 is 0 Å². The highest BCUT2D eigenvalue weighted by molar-refractivity contribution is 6.42. The summed E-state index contributed by atoms with van der Waals surface area (Å²) in [5.41, 5.74) is 3.77. The van der Waals surface area contributed by atoms with Gasteiger partial charge in [-0.15, -0.1) is 0 Å². The molecule has 1 heterocycles. The Kier molecular flexibility index (Phi) is 6.32. The summed E-state index contributed by atoms with van der Waals surface area (Å²) in [7, 11) is 0. The first-order chi connectivity index (χ1) is 13.0. The lowest BCUT2D eigenvalue weighted by atomic mass is 10.1. The molecule has 1 aromatic heterocycles. The van der Waals surface area contributed by atoms with Crippen molar-refractivity contribution in [1.82, 2.24) is 9.88 Å². The van der Waals surface area contributed by atoms with E-state index in [1.807, 2.05) is 43.3 Å². The smallest absolute Gasteiger partial charge is 0.316 e. The normalized spacial score (nSPS) is 10.5. The standard InChI is InChI=1S/C21H19Cl2N3O/c1-15-4-6-16(7-5-15)13-26(14-17-3-2-10-24-12-17)21(27)25-18-8-9-19(22)20(23)11-18/h2-12H,13-14H2,1H3,(H,25,27). The number of carbonyl (C=O) groups excluding carboxylic acids is 1. The maximum absolute atomic E-state index is 12.9. The van der Waals surface area contributed by atoms with Crippen LogP contribution in [0, 0.1) is 6.92 Å². The maximum Gasteiger partial charge on any atom is 0.322 e. The average molecular weight is 400 g/mol. The number of halogens is 2. The van der Waals surface area contributed by atoms with Crippen LogP contribution in [0.1, 0.15) is 16.7 Å². The monoisotopic (exact) mass is 399 g/mol. The van der Waals surface area contributed by atoms with Crippen LogP contribution in [-0.2, 0) is 13.1 Å². The van der Waals surface area contributed by atoms with Crippen molar-refractivity contribution in [2.75, 3.05) is 5.32 Å². The highest BCUT2D eigenvalue weighted by Gasteiger charge is 2.15. The summed E-state index contributed by atoms with van der Waals surface area (Å²) >= 11 is 12.0. The van der Waals surface area contributed by atoms with Crippen LogP contribution < -0.4 is 5.32 Å². The maximum atomic E-state index is 12.9. The molecule has 0 bridgehead atoms. The van der Waals surface area contributed by atoms with Gasteiger partial charge in [-0.05, 0) is 42.3 Å². The molecule has 0 fully saturated rings. The molecule has 0 saturated carbocycles. The zero-order valence-corrected chi connectivity index (χ0v) is 16.3. The average Bonchev–Trinajstić information content (AvgIpc) is 2.67. The number of hydrogen-bond acceptors (Lipinski definition) is 2. The molecule has 2 amide bonds. The lowest BCUT2D eigenvalue weighted by molar-refractivity contribution is 0.206. The van der Waals surface area contributed by atoms with Gasteiger partial charge in [0.25, 0.3) is 0 Å². The molecule has 0 unspecified atom stereocenters. The van der Waals surface area contributed by atoms with Gasteiger partial charge in [-0.25, -0.2) is 4.79 Å². The molecule has 0 aliphatic carbocycles. The highest BCUT2D eigenvalue weighted by Crippen LogP contribution is 2.25. The summed E-state index contributed by atoms with van der Waals surface area (Å²) < 4.78 is 0. The van der Waals surface area contributed by atoms with E-state index in [1.165, 1.54) is 5.56 Å². The molecule has 0 atom stereocenters. The lowest BCUT2D eigenvalue weighted by Crippen LogP contribution is -2.34. The summed E-state index contributed by atoms with van der Waals surface area (Å²) in [4.78, 5) is 18.8. The second-order valence-electron chi connectivity index (χ2n) is 6.26. The zero-order valence-electron chi connectivity index (χ0n) is 14.8. The van der Waals surface area contributed by atoms with E-state index in [0.29, 0.717) is 28.8 Å². The molecule has 0 spiro atoms. The molecule has 4 nitrogen and oxygen atoms in total. The third-order valence-corrected chi connectivity index (χ3v) is 4.79. The Morgan fingerprint density at radius 3 is 2.41 bits per heavy atom. The number of urea groups is 1. The Morgan fingerprint density at radius 2 is 1.74 bits per heavy atom. The van der Waals surface area contributed by atoms with Gasteiger partial charge in [-0.3, -0.25) is 4.98 Å². The lowest BCUT2D eigenvalue weighted by Gasteiger charge is -2.23. The number of nitrogens with zero attached hydrogens (tertiary/aromatic N) is 2. The predicted octanol–water partition coefficient (Wildman–Crippen LogP) is 5.93. The van der Waals surface area contributed by atoms with Crippen LogP contribution in [0.4, 0.5) is 10.5 Å². The van der Waals surface area contributed by atoms with Gasteiger partial charge in [0, 0.05) is 31.2 Å². The number of aryl methyl sites for hydroxylation is 1. The van der Waals surface area contributed by atoms with E-state index in [0.717, 1.165) is 11.1 Å². The first-order valence-corrected chi connectivity index (χ1v) is 9.22. The number of carbonyl (C=O) groups is 1. The van der Waals surface area contributed by atoms with E-state index < -0.39 is 0 Å². The van der Waals surface area contributed by atoms with E-state index in [2.05, 4.69) is 10.3 Å². The van der Waals surface area contributed by atoms with Gasteiger partial charge in [-0.1, -0.05) is 59.1 Å². The molecule has 1 N–H and O–H groups in total. The highest BCUT2D eigenvalue weighted by atomic mass is 35.5. The molecule has 0 radical (unpaired) electrons. The van der Waals surface area contributed by atoms with Crippen LogP contribution in [0.25, 0.3) is 0 Å². The number of hydrogen-bond donors (Lipinski definition) is 1. The number of nitrogens with one attached hydrogen (secondary N) is 1. The molecular formula is C21H19Cl2N3O. The largest absolute Gasteiger partial charge is 0.322 e. The number of benzene rings is 2. The summed E-state index contributed by atoms with van der Waals surface area (Å²) in [6.45, 7) is 2.95. The van der Waals surface area contributed by atoms with Crippen LogP contribution in [0.3, 0.4) is 0 Å². The number of anilines is 1. The van der Waals surface area contributed by atoms with Crippen molar-refractivity contribution < 1.29 is 4.79 Å². The Labute approximate surface area is 168 Å². The van der Waals surface area contributed by atoms with Crippen molar-refractivity contribution >= 4 is 34.9 Å². The van der Waals surface area contributed by atoms with Gasteiger partial charge >= 0.3 is 6.03 Å². The van der Waals surface area contributed by atoms with E-state index in [1.54, 1.807) is 35.5 Å². The van der Waals surface area contributed by atoms with Crippen molar-refractivity contribution in [3.63, 3.8) is 0 Å². The molecule has 0 aliphatic heterocycles. The molecule has 27 heavy (non-hydrogen) atoms. The zero-order chi connectivity index (χ0) is 19.2. The minimum Gasteiger partial charge on any atom is -0.316 e. The van der Waals surface area contributed by atoms with Crippen LogP contribution in [0.2, 0.25) is 10.0 Å². The predicted molar refractivity (Wildman–Crippen MR) is 110 cm³/mol. The number of rotatable bonds is 5. The fourth-order valence-corrected chi connectivity index (χ4v) is 2.90. The Morgan fingerprint density at radius 1 is 1.00 bits per heavy atom. The van der Waals surface area contributed by atoms with Gasteiger partial charge in [0.15, 0.2) is 0 Å². The number of pyridine rings is 1. The van der Waals surface area contributed by atoms with Crippen molar-refractivity contribution in [1.29, 1.82) is 0 Å². The summed E-state index contributed by atoms with van der Waals surface area (Å²) in [5.74, 6) is 0. The van der Waals surface area contributed by atoms with Gasteiger partial charge in [0.05, 0.1) is 10.0 Å². The number of amides is 2. The summed E-state index contributed by atoms with van der Waals surface area (Å²) in [6.07, 6.45) is 3.47. The summed E-state index contributed by atoms with van der Waals surface area (Å²) in [6, 6.07) is 16.7. The molecule has 6 heteroatoms. The van der Waals surface area contributed by atoms with Crippen LogP contribution in [-0.4, -0.2) is 15.9 Å². The molecular weight excluding hydrogens is 381 g/mol. The fraction of sp³-hybridized carbons (Fsp3) is 0.143. The molecule has 0 saturated heterocycles. The van der Waals surface area contributed by atoms with Gasteiger partial charge in [0.1, 0.15) is 0 Å². The van der Waals surface area contributed by atoms with E-state index in [9.17, 15) is 4.79 Å². The quantitative estimate of drug-likeness (QED) is 0.577. The summed E-state index contributed by atoms with van der Waals surface area (Å²) in [5, 5.41) is 3.73. The van der Waals surface area contributed by atoms with Gasteiger partial charge in [-0.2, -0.15) is 0 Å². The minimum atomic E-state index is -0.224. The number of aromatic nitrogens is 1. The van der Waals surface area contributed by atoms with Crippen LogP contribution in [0.5, 0.6) is 0 Å². The third kappa shape index (κ3) is 5.46. The minimum absolute atomic E-state index is 0.224. The topological polar surface area (TPSA) is 45.2 Å². The molecule has 0 aliphatic rings. The second-order valence-corrected chi connectivity index (χ2v) is 7.08. The van der Waals surface area contributed by atoms with Crippen molar-refractivity contribution in [3.05, 3.63) is 93.7 Å². The van der Waals surface area contributed by atoms with Crippen molar-refractivity contribution in [2.24, 2.45) is 0 Å². The van der Waals surface area contributed by atoms with E-state index in [4.69, 9.17) is 23.2 Å². The fourth-order valence-electron chi connectivity index (χ4n) is 2.60. The van der Waals surface area contributed by atoms with E-state index in [-0.39, 0.29) is 6.03 Å². The Balaban J connectivity index is 1.79. The van der Waals surface area contributed by atoms with Crippen molar-refractivity contribution in [3.8, 4) is 0 Å². The Bertz CT molecular complexity index is 914. The van der Waals surface area contributed by atoms with Gasteiger partial charge < -0.3 is 10.2 Å². The molecule has 138 valence electrons. The van der Waals surface area contributed by atoms with Crippen LogP contribution >= 0.6 is 23.2 Å².